The number of hydrogen-bond acceptors (Lipinski definition) is 8. The molecular formula is C15H26N6O2. The van der Waals surface area contributed by atoms with E-state index in [2.05, 4.69) is 27.0 Å². The number of nitrogens with zero attached hydrogens (tertiary/aromatic N) is 4. The van der Waals surface area contributed by atoms with Gasteiger partial charge in [0.2, 0.25) is 0 Å². The number of morpholine rings is 1. The molecule has 8 heteroatoms. The van der Waals surface area contributed by atoms with Crippen LogP contribution in [0.3, 0.4) is 0 Å². The fourth-order valence-corrected chi connectivity index (χ4v) is 2.60. The van der Waals surface area contributed by atoms with Crippen molar-refractivity contribution in [2.24, 2.45) is 10.8 Å². The van der Waals surface area contributed by atoms with Crippen molar-refractivity contribution >= 4 is 29.7 Å². The van der Waals surface area contributed by atoms with Crippen LogP contribution in [0.25, 0.3) is 0 Å². The molecule has 2 heterocycles. The Labute approximate surface area is 137 Å². The van der Waals surface area contributed by atoms with Gasteiger partial charge in [-0.1, -0.05) is 0 Å². The maximum Gasteiger partial charge on any atom is 0.158 e. The lowest BCUT2D eigenvalue weighted by molar-refractivity contribution is 0.123. The average molecular weight is 322 g/mol. The number of methoxy groups -OCH3 is 1. The number of nitrogens with one attached hydrogen (secondary N) is 1. The number of hydrogen-bond donors (Lipinski definition) is 2. The molecule has 8 nitrogen and oxygen atoms in total. The Morgan fingerprint density at radius 1 is 1.52 bits per heavy atom. The van der Waals surface area contributed by atoms with Crippen LogP contribution in [0.1, 0.15) is 6.42 Å². The van der Waals surface area contributed by atoms with E-state index in [0.717, 1.165) is 43.2 Å². The average Bonchev–Trinajstić information content (AvgIpc) is 2.61. The van der Waals surface area contributed by atoms with E-state index >= 15 is 0 Å². The molecule has 1 saturated heterocycles. The summed E-state index contributed by atoms with van der Waals surface area (Å²) in [5.74, 6) is 6.95. The highest BCUT2D eigenvalue weighted by Gasteiger charge is 2.21. The number of pyridine rings is 1. The van der Waals surface area contributed by atoms with Gasteiger partial charge in [0.15, 0.2) is 5.82 Å². The lowest BCUT2D eigenvalue weighted by Crippen LogP contribution is -2.36. The smallest absolute Gasteiger partial charge is 0.158 e. The molecule has 1 fully saturated rings. The third kappa shape index (κ3) is 4.31. The van der Waals surface area contributed by atoms with E-state index in [1.54, 1.807) is 7.11 Å². The van der Waals surface area contributed by atoms with E-state index in [9.17, 15) is 0 Å². The zero-order valence-corrected chi connectivity index (χ0v) is 13.9. The van der Waals surface area contributed by atoms with Crippen molar-refractivity contribution in [2.75, 3.05) is 68.8 Å². The third-order valence-corrected chi connectivity index (χ3v) is 3.82. The molecule has 0 bridgehead atoms. The summed E-state index contributed by atoms with van der Waals surface area (Å²) in [6.07, 6.45) is 0.901. The highest BCUT2D eigenvalue weighted by atomic mass is 16.5. The zero-order chi connectivity index (χ0) is 16.7. The summed E-state index contributed by atoms with van der Waals surface area (Å²) < 4.78 is 10.5. The lowest BCUT2D eigenvalue weighted by atomic mass is 10.2. The molecular weight excluding hydrogens is 296 g/mol. The van der Waals surface area contributed by atoms with Crippen molar-refractivity contribution in [1.82, 2.24) is 4.98 Å². The van der Waals surface area contributed by atoms with Crippen molar-refractivity contribution in [3.63, 3.8) is 0 Å². The first-order valence-electron chi connectivity index (χ1n) is 7.72. The maximum atomic E-state index is 5.59. The topological polar surface area (TPSA) is 88.2 Å². The fraction of sp³-hybridized carbons (Fsp3) is 0.600. The zero-order valence-electron chi connectivity index (χ0n) is 13.9. The number of nitrogens with two attached hydrogens (primary N) is 1. The number of rotatable bonds is 8. The standard InChI is InChI=1S/C15H26N6O2/c1-17-14-12(21-6-9-23-10-7-21)11-13(19-16)18-15(14)20(2)5-4-8-22-3/h11H,1,4-10,16H2,2-3H3,(H,18,19). The summed E-state index contributed by atoms with van der Waals surface area (Å²) in [6.45, 7) is 8.25. The van der Waals surface area contributed by atoms with Gasteiger partial charge in [0.05, 0.1) is 18.9 Å². The molecule has 1 aromatic rings. The van der Waals surface area contributed by atoms with Gasteiger partial charge < -0.3 is 24.7 Å². The Kier molecular flexibility index (Phi) is 6.57. The van der Waals surface area contributed by atoms with Gasteiger partial charge in [-0.3, -0.25) is 4.99 Å². The van der Waals surface area contributed by atoms with Crippen molar-refractivity contribution in [2.45, 2.75) is 6.42 Å². The van der Waals surface area contributed by atoms with Crippen molar-refractivity contribution in [3.05, 3.63) is 6.07 Å². The van der Waals surface area contributed by atoms with E-state index in [1.165, 1.54) is 0 Å². The van der Waals surface area contributed by atoms with Crippen LogP contribution < -0.4 is 21.1 Å². The van der Waals surface area contributed by atoms with Gasteiger partial charge in [-0.25, -0.2) is 10.8 Å². The summed E-state index contributed by atoms with van der Waals surface area (Å²) in [7, 11) is 3.68. The number of ether oxygens (including phenoxy) is 2. The Morgan fingerprint density at radius 2 is 2.26 bits per heavy atom. The van der Waals surface area contributed by atoms with E-state index in [-0.39, 0.29) is 0 Å². The van der Waals surface area contributed by atoms with Crippen LogP contribution in [-0.2, 0) is 9.47 Å². The van der Waals surface area contributed by atoms with Crippen LogP contribution in [0, 0.1) is 0 Å². The lowest BCUT2D eigenvalue weighted by Gasteiger charge is -2.31. The largest absolute Gasteiger partial charge is 0.385 e. The van der Waals surface area contributed by atoms with Gasteiger partial charge in [-0.2, -0.15) is 0 Å². The van der Waals surface area contributed by atoms with E-state index in [0.29, 0.717) is 25.6 Å². The molecule has 0 unspecified atom stereocenters. The number of anilines is 3. The summed E-state index contributed by atoms with van der Waals surface area (Å²) in [6, 6.07) is 1.90. The van der Waals surface area contributed by atoms with Crippen LogP contribution in [0.4, 0.5) is 23.0 Å². The molecule has 0 aromatic carbocycles. The number of aromatic nitrogens is 1. The normalized spacial score (nSPS) is 14.7. The van der Waals surface area contributed by atoms with Crippen LogP contribution in [0.15, 0.2) is 11.1 Å². The van der Waals surface area contributed by atoms with Crippen molar-refractivity contribution in [3.8, 4) is 0 Å². The molecule has 0 spiro atoms. The van der Waals surface area contributed by atoms with E-state index in [1.807, 2.05) is 18.0 Å². The molecule has 128 valence electrons. The third-order valence-electron chi connectivity index (χ3n) is 3.82. The molecule has 3 N–H and O–H groups in total. The van der Waals surface area contributed by atoms with Gasteiger partial charge in [0.25, 0.3) is 0 Å². The van der Waals surface area contributed by atoms with Crippen LogP contribution in [-0.4, -0.2) is 65.3 Å². The molecule has 0 radical (unpaired) electrons. The van der Waals surface area contributed by atoms with Crippen molar-refractivity contribution in [1.29, 1.82) is 0 Å². The molecule has 1 aromatic heterocycles. The summed E-state index contributed by atoms with van der Waals surface area (Å²) in [5, 5.41) is 0. The molecule has 0 amide bonds. The second kappa shape index (κ2) is 8.66. The molecule has 23 heavy (non-hydrogen) atoms. The summed E-state index contributed by atoms with van der Waals surface area (Å²) >= 11 is 0. The molecule has 1 aliphatic heterocycles. The van der Waals surface area contributed by atoms with Gasteiger partial charge in [-0.15, -0.1) is 0 Å². The second-order valence-electron chi connectivity index (χ2n) is 5.37. The highest BCUT2D eigenvalue weighted by Crippen LogP contribution is 2.38. The summed E-state index contributed by atoms with van der Waals surface area (Å²) in [5.41, 5.74) is 4.38. The minimum Gasteiger partial charge on any atom is -0.385 e. The fourth-order valence-electron chi connectivity index (χ4n) is 2.60. The van der Waals surface area contributed by atoms with Crippen molar-refractivity contribution < 1.29 is 9.47 Å². The molecule has 0 atom stereocenters. The first-order valence-corrected chi connectivity index (χ1v) is 7.72. The van der Waals surface area contributed by atoms with Gasteiger partial charge >= 0.3 is 0 Å². The van der Waals surface area contributed by atoms with Crippen LogP contribution in [0.2, 0.25) is 0 Å². The SMILES string of the molecule is C=Nc1c(N2CCOCC2)cc(NN)nc1N(C)CCCOC. The highest BCUT2D eigenvalue weighted by molar-refractivity contribution is 5.82. The quantitative estimate of drug-likeness (QED) is 0.319. The monoisotopic (exact) mass is 322 g/mol. The Hall–Kier alpha value is -1.90. The Balaban J connectivity index is 2.33. The van der Waals surface area contributed by atoms with Gasteiger partial charge in [0, 0.05) is 46.5 Å². The molecule has 1 aliphatic rings. The number of hydrazine groups is 1. The molecule has 2 rings (SSSR count). The molecule has 0 aliphatic carbocycles. The Morgan fingerprint density at radius 3 is 2.87 bits per heavy atom. The second-order valence-corrected chi connectivity index (χ2v) is 5.37. The van der Waals surface area contributed by atoms with Gasteiger partial charge in [0.1, 0.15) is 11.5 Å². The van der Waals surface area contributed by atoms with Crippen LogP contribution in [0.5, 0.6) is 0 Å². The predicted octanol–water partition coefficient (Wildman–Crippen LogP) is 1.01. The van der Waals surface area contributed by atoms with Crippen LogP contribution >= 0.6 is 0 Å². The minimum atomic E-state index is 0.604. The van der Waals surface area contributed by atoms with E-state index < -0.39 is 0 Å². The summed E-state index contributed by atoms with van der Waals surface area (Å²) in [4.78, 5) is 13.1. The van der Waals surface area contributed by atoms with Gasteiger partial charge in [-0.05, 0) is 13.1 Å². The number of aliphatic imine (C=N–C) groups is 1. The first-order chi connectivity index (χ1) is 11.2. The first kappa shape index (κ1) is 17.5. The Bertz CT molecular complexity index is 519. The molecule has 0 saturated carbocycles. The predicted molar refractivity (Wildman–Crippen MR) is 94.1 cm³/mol. The number of nitrogen functional groups attached to an aromatic ring is 1. The van der Waals surface area contributed by atoms with E-state index in [4.69, 9.17) is 15.3 Å². The minimum absolute atomic E-state index is 0.604. The maximum absolute atomic E-state index is 5.59.